The molecule has 1 unspecified atom stereocenters. The van der Waals surface area contributed by atoms with Gasteiger partial charge in [0, 0.05) is 31.7 Å². The number of hydrogen-bond acceptors (Lipinski definition) is 3. The second-order valence-electron chi connectivity index (χ2n) is 5.18. The number of nitriles is 1. The number of piperazine rings is 1. The molecule has 1 aliphatic rings. The van der Waals surface area contributed by atoms with Crippen molar-refractivity contribution in [3.63, 3.8) is 0 Å². The van der Waals surface area contributed by atoms with Crippen molar-refractivity contribution in [1.29, 1.82) is 5.26 Å². The van der Waals surface area contributed by atoms with Gasteiger partial charge in [-0.3, -0.25) is 9.69 Å². The highest BCUT2D eigenvalue weighted by atomic mass is 16.2. The molecule has 0 N–H and O–H groups in total. The van der Waals surface area contributed by atoms with Crippen molar-refractivity contribution in [3.05, 3.63) is 35.4 Å². The molecule has 4 nitrogen and oxygen atoms in total. The van der Waals surface area contributed by atoms with Gasteiger partial charge in [0.1, 0.15) is 0 Å². The number of amides is 1. The minimum Gasteiger partial charge on any atom is -0.336 e. The van der Waals surface area contributed by atoms with Crippen LogP contribution in [0.25, 0.3) is 0 Å². The molecule has 2 rings (SSSR count). The molecular formula is C16H21N3O. The van der Waals surface area contributed by atoms with E-state index in [1.807, 2.05) is 36.1 Å². The van der Waals surface area contributed by atoms with Crippen molar-refractivity contribution >= 4 is 5.91 Å². The Morgan fingerprint density at radius 1 is 1.25 bits per heavy atom. The molecule has 1 amide bonds. The summed E-state index contributed by atoms with van der Waals surface area (Å²) in [5.74, 6) is 0.0944. The molecule has 106 valence electrons. The summed E-state index contributed by atoms with van der Waals surface area (Å²) in [6, 6.07) is 10.0. The fourth-order valence-electron chi connectivity index (χ4n) is 2.46. The van der Waals surface area contributed by atoms with E-state index in [4.69, 9.17) is 5.26 Å². The number of nitrogens with zero attached hydrogens (tertiary/aromatic N) is 3. The Morgan fingerprint density at radius 3 is 2.35 bits per heavy atom. The first-order valence-electron chi connectivity index (χ1n) is 7.17. The van der Waals surface area contributed by atoms with Crippen molar-refractivity contribution in [3.8, 4) is 6.07 Å². The second kappa shape index (κ2) is 6.53. The van der Waals surface area contributed by atoms with Crippen LogP contribution in [0, 0.1) is 11.3 Å². The quantitative estimate of drug-likeness (QED) is 0.844. The molecule has 0 saturated carbocycles. The van der Waals surface area contributed by atoms with E-state index in [9.17, 15) is 4.79 Å². The van der Waals surface area contributed by atoms with Gasteiger partial charge in [-0.25, -0.2) is 0 Å². The maximum Gasteiger partial charge on any atom is 0.253 e. The maximum atomic E-state index is 12.4. The van der Waals surface area contributed by atoms with Gasteiger partial charge in [0.15, 0.2) is 0 Å². The van der Waals surface area contributed by atoms with Crippen LogP contribution >= 0.6 is 0 Å². The summed E-state index contributed by atoms with van der Waals surface area (Å²) in [6.07, 6.45) is 0.985. The van der Waals surface area contributed by atoms with Gasteiger partial charge >= 0.3 is 0 Å². The van der Waals surface area contributed by atoms with Gasteiger partial charge in [0.05, 0.1) is 12.1 Å². The van der Waals surface area contributed by atoms with Crippen molar-refractivity contribution in [2.45, 2.75) is 26.3 Å². The summed E-state index contributed by atoms with van der Waals surface area (Å²) in [5.41, 5.74) is 2.00. The largest absolute Gasteiger partial charge is 0.336 e. The molecule has 1 fully saturated rings. The highest BCUT2D eigenvalue weighted by Gasteiger charge is 2.24. The number of rotatable bonds is 3. The number of aryl methyl sites for hydroxylation is 1. The van der Waals surface area contributed by atoms with Gasteiger partial charge in [-0.15, -0.1) is 0 Å². The van der Waals surface area contributed by atoms with Crippen molar-refractivity contribution in [2.75, 3.05) is 26.2 Å². The van der Waals surface area contributed by atoms with Gasteiger partial charge < -0.3 is 4.90 Å². The molecule has 1 aliphatic heterocycles. The molecule has 0 aliphatic carbocycles. The molecule has 0 aromatic heterocycles. The van der Waals surface area contributed by atoms with Gasteiger partial charge in [-0.05, 0) is 31.0 Å². The van der Waals surface area contributed by atoms with E-state index in [-0.39, 0.29) is 11.9 Å². The first kappa shape index (κ1) is 14.5. The zero-order valence-corrected chi connectivity index (χ0v) is 12.2. The van der Waals surface area contributed by atoms with Crippen LogP contribution in [0.2, 0.25) is 0 Å². The molecule has 0 spiro atoms. The number of carbonyl (C=O) groups excluding carboxylic acids is 1. The van der Waals surface area contributed by atoms with Gasteiger partial charge in [0.25, 0.3) is 5.91 Å². The second-order valence-corrected chi connectivity index (χ2v) is 5.18. The smallest absolute Gasteiger partial charge is 0.253 e. The van der Waals surface area contributed by atoms with Crippen LogP contribution in [-0.4, -0.2) is 47.9 Å². The Hall–Kier alpha value is -1.86. The normalized spacial score (nSPS) is 17.6. The maximum absolute atomic E-state index is 12.4. The number of benzene rings is 1. The fourth-order valence-corrected chi connectivity index (χ4v) is 2.46. The van der Waals surface area contributed by atoms with Crippen molar-refractivity contribution in [2.24, 2.45) is 0 Å². The summed E-state index contributed by atoms with van der Waals surface area (Å²) in [6.45, 7) is 6.94. The van der Waals surface area contributed by atoms with E-state index in [0.717, 1.165) is 25.1 Å². The minimum absolute atomic E-state index is 0.0731. The summed E-state index contributed by atoms with van der Waals surface area (Å²) in [7, 11) is 0. The van der Waals surface area contributed by atoms with Crippen LogP contribution in [0.3, 0.4) is 0 Å². The molecule has 1 aromatic rings. The fraction of sp³-hybridized carbons (Fsp3) is 0.500. The van der Waals surface area contributed by atoms with Crippen LogP contribution in [0.1, 0.15) is 29.8 Å². The third-order valence-corrected chi connectivity index (χ3v) is 3.95. The average molecular weight is 271 g/mol. The molecule has 1 heterocycles. The topological polar surface area (TPSA) is 47.3 Å². The first-order chi connectivity index (χ1) is 9.65. The van der Waals surface area contributed by atoms with E-state index >= 15 is 0 Å². The van der Waals surface area contributed by atoms with E-state index in [1.54, 1.807) is 0 Å². The van der Waals surface area contributed by atoms with E-state index in [1.165, 1.54) is 5.56 Å². The molecule has 4 heteroatoms. The third kappa shape index (κ3) is 3.17. The standard InChI is InChI=1S/C16H21N3O/c1-3-14-4-6-15(7-5-14)16(20)19-10-8-18(9-11-19)13(2)12-17/h4-7,13H,3,8-11H2,1-2H3. The van der Waals surface area contributed by atoms with Crippen LogP contribution in [-0.2, 0) is 6.42 Å². The van der Waals surface area contributed by atoms with Crippen LogP contribution < -0.4 is 0 Å². The lowest BCUT2D eigenvalue weighted by atomic mass is 10.1. The Balaban J connectivity index is 1.96. The number of carbonyl (C=O) groups is 1. The molecule has 0 radical (unpaired) electrons. The molecule has 1 aromatic carbocycles. The van der Waals surface area contributed by atoms with E-state index in [2.05, 4.69) is 17.9 Å². The Kier molecular flexibility index (Phi) is 4.75. The number of hydrogen-bond donors (Lipinski definition) is 0. The first-order valence-corrected chi connectivity index (χ1v) is 7.17. The van der Waals surface area contributed by atoms with Crippen LogP contribution in [0.4, 0.5) is 0 Å². The lowest BCUT2D eigenvalue weighted by Crippen LogP contribution is -2.51. The lowest BCUT2D eigenvalue weighted by Gasteiger charge is -2.35. The highest BCUT2D eigenvalue weighted by Crippen LogP contribution is 2.12. The monoisotopic (exact) mass is 271 g/mol. The molecule has 1 saturated heterocycles. The predicted octanol–water partition coefficient (Wildman–Crippen LogP) is 1.92. The minimum atomic E-state index is -0.0731. The molecule has 20 heavy (non-hydrogen) atoms. The zero-order valence-electron chi connectivity index (χ0n) is 12.2. The third-order valence-electron chi connectivity index (χ3n) is 3.95. The van der Waals surface area contributed by atoms with Crippen LogP contribution in [0.15, 0.2) is 24.3 Å². The Labute approximate surface area is 120 Å². The summed E-state index contributed by atoms with van der Waals surface area (Å²) < 4.78 is 0. The van der Waals surface area contributed by atoms with E-state index < -0.39 is 0 Å². The summed E-state index contributed by atoms with van der Waals surface area (Å²) in [4.78, 5) is 16.4. The van der Waals surface area contributed by atoms with Crippen molar-refractivity contribution in [1.82, 2.24) is 9.80 Å². The SMILES string of the molecule is CCc1ccc(C(=O)N2CCN(C(C)C#N)CC2)cc1. The van der Waals surface area contributed by atoms with Crippen LogP contribution in [0.5, 0.6) is 0 Å². The summed E-state index contributed by atoms with van der Waals surface area (Å²) in [5, 5.41) is 8.92. The predicted molar refractivity (Wildman–Crippen MR) is 78.4 cm³/mol. The Bertz CT molecular complexity index is 495. The molecule has 1 atom stereocenters. The summed E-state index contributed by atoms with van der Waals surface area (Å²) >= 11 is 0. The van der Waals surface area contributed by atoms with Gasteiger partial charge in [-0.2, -0.15) is 5.26 Å². The molecular weight excluding hydrogens is 250 g/mol. The van der Waals surface area contributed by atoms with Gasteiger partial charge in [-0.1, -0.05) is 19.1 Å². The lowest BCUT2D eigenvalue weighted by molar-refractivity contribution is 0.0615. The average Bonchev–Trinajstić information content (AvgIpc) is 2.53. The van der Waals surface area contributed by atoms with E-state index in [0.29, 0.717) is 13.1 Å². The van der Waals surface area contributed by atoms with Gasteiger partial charge in [0.2, 0.25) is 0 Å². The Morgan fingerprint density at radius 2 is 1.85 bits per heavy atom. The molecule has 0 bridgehead atoms. The van der Waals surface area contributed by atoms with Crippen molar-refractivity contribution < 1.29 is 4.79 Å². The zero-order chi connectivity index (χ0) is 14.5. The highest BCUT2D eigenvalue weighted by molar-refractivity contribution is 5.94.